The number of carboxylic acids is 1. The number of hydrogen-bond donors (Lipinski definition) is 2. The molecular formula is C11H14O4. The second kappa shape index (κ2) is 4.91. The van der Waals surface area contributed by atoms with Gasteiger partial charge >= 0.3 is 5.97 Å². The molecule has 1 aromatic rings. The van der Waals surface area contributed by atoms with Crippen molar-refractivity contribution in [1.82, 2.24) is 0 Å². The molecule has 0 spiro atoms. The third-order valence-corrected chi connectivity index (χ3v) is 2.24. The van der Waals surface area contributed by atoms with Gasteiger partial charge in [-0.3, -0.25) is 4.79 Å². The zero-order chi connectivity index (χ0) is 11.3. The molecule has 0 saturated carbocycles. The van der Waals surface area contributed by atoms with Gasteiger partial charge in [-0.1, -0.05) is 30.3 Å². The maximum Gasteiger partial charge on any atom is 0.303 e. The van der Waals surface area contributed by atoms with E-state index in [1.165, 1.54) is 7.11 Å². The van der Waals surface area contributed by atoms with Gasteiger partial charge in [0.05, 0.1) is 6.42 Å². The van der Waals surface area contributed by atoms with Crippen LogP contribution in [0.3, 0.4) is 0 Å². The first-order chi connectivity index (χ1) is 7.08. The highest BCUT2D eigenvalue weighted by molar-refractivity contribution is 5.66. The number of benzene rings is 1. The molecule has 1 rings (SSSR count). The first kappa shape index (κ1) is 11.7. The summed E-state index contributed by atoms with van der Waals surface area (Å²) < 4.78 is 4.97. The molecule has 0 aliphatic heterocycles. The van der Waals surface area contributed by atoms with Gasteiger partial charge in [0.25, 0.3) is 0 Å². The molecule has 1 unspecified atom stereocenters. The lowest BCUT2D eigenvalue weighted by molar-refractivity contribution is -0.201. The molecule has 4 nitrogen and oxygen atoms in total. The quantitative estimate of drug-likeness (QED) is 0.720. The Hall–Kier alpha value is -1.39. The monoisotopic (exact) mass is 210 g/mol. The number of aliphatic hydroxyl groups is 1. The van der Waals surface area contributed by atoms with E-state index in [4.69, 9.17) is 9.84 Å². The van der Waals surface area contributed by atoms with Crippen molar-refractivity contribution in [2.75, 3.05) is 7.11 Å². The second-order valence-electron chi connectivity index (χ2n) is 3.25. The average molecular weight is 210 g/mol. The van der Waals surface area contributed by atoms with E-state index >= 15 is 0 Å². The summed E-state index contributed by atoms with van der Waals surface area (Å²) in [5.74, 6) is -2.47. The molecule has 0 saturated heterocycles. The zero-order valence-corrected chi connectivity index (χ0v) is 8.51. The summed E-state index contributed by atoms with van der Waals surface area (Å²) in [6, 6.07) is 8.74. The Morgan fingerprint density at radius 1 is 1.40 bits per heavy atom. The summed E-state index contributed by atoms with van der Waals surface area (Å²) in [6.07, 6.45) is -0.109. The Labute approximate surface area is 88.1 Å². The number of carboxylic acid groups (broad SMARTS) is 1. The van der Waals surface area contributed by atoms with Crippen molar-refractivity contribution in [2.45, 2.75) is 18.6 Å². The highest BCUT2D eigenvalue weighted by Gasteiger charge is 2.29. The minimum absolute atomic E-state index is 0.0306. The molecule has 0 aliphatic carbocycles. The molecule has 2 N–H and O–H groups in total. The Balaban J connectivity index is 2.80. The molecule has 1 aromatic carbocycles. The second-order valence-corrected chi connectivity index (χ2v) is 3.25. The van der Waals surface area contributed by atoms with E-state index in [-0.39, 0.29) is 12.8 Å². The highest BCUT2D eigenvalue weighted by Crippen LogP contribution is 2.26. The summed E-state index contributed by atoms with van der Waals surface area (Å²) >= 11 is 0. The van der Waals surface area contributed by atoms with E-state index in [2.05, 4.69) is 0 Å². The molecule has 4 heteroatoms. The van der Waals surface area contributed by atoms with E-state index in [0.29, 0.717) is 5.56 Å². The maximum absolute atomic E-state index is 10.4. The van der Waals surface area contributed by atoms with Crippen LogP contribution in [0.15, 0.2) is 30.3 Å². The predicted octanol–water partition coefficient (Wildman–Crippen LogP) is 1.34. The van der Waals surface area contributed by atoms with Crippen molar-refractivity contribution in [2.24, 2.45) is 0 Å². The molecule has 1 atom stereocenters. The fourth-order valence-electron chi connectivity index (χ4n) is 1.34. The number of aliphatic carboxylic acids is 1. The van der Waals surface area contributed by atoms with Gasteiger partial charge in [-0.15, -0.1) is 0 Å². The predicted molar refractivity (Wildman–Crippen MR) is 54.2 cm³/mol. The van der Waals surface area contributed by atoms with Crippen molar-refractivity contribution in [3.63, 3.8) is 0 Å². The standard InChI is InChI=1S/C11H14O4/c1-15-11(14,8-7-10(12)13)9-5-3-2-4-6-9/h2-6,14H,7-8H2,1H3,(H,12,13). The van der Waals surface area contributed by atoms with Crippen molar-refractivity contribution >= 4 is 5.97 Å². The van der Waals surface area contributed by atoms with Gasteiger partial charge in [0.15, 0.2) is 5.79 Å². The van der Waals surface area contributed by atoms with Crippen LogP contribution in [-0.4, -0.2) is 23.3 Å². The smallest absolute Gasteiger partial charge is 0.303 e. The summed E-state index contributed by atoms with van der Waals surface area (Å²) in [4.78, 5) is 10.4. The van der Waals surface area contributed by atoms with Crippen LogP contribution in [0.25, 0.3) is 0 Å². The van der Waals surface area contributed by atoms with Crippen molar-refractivity contribution in [3.05, 3.63) is 35.9 Å². The Morgan fingerprint density at radius 3 is 2.47 bits per heavy atom. The van der Waals surface area contributed by atoms with Crippen LogP contribution in [-0.2, 0) is 15.3 Å². The molecule has 0 heterocycles. The van der Waals surface area contributed by atoms with Crippen LogP contribution >= 0.6 is 0 Å². The summed E-state index contributed by atoms with van der Waals surface area (Å²) in [5, 5.41) is 18.6. The molecule has 82 valence electrons. The van der Waals surface area contributed by atoms with Gasteiger partial charge in [0, 0.05) is 19.1 Å². The van der Waals surface area contributed by atoms with E-state index in [9.17, 15) is 9.90 Å². The van der Waals surface area contributed by atoms with Gasteiger partial charge in [-0.05, 0) is 0 Å². The fourth-order valence-corrected chi connectivity index (χ4v) is 1.34. The third-order valence-electron chi connectivity index (χ3n) is 2.24. The Morgan fingerprint density at radius 2 is 2.00 bits per heavy atom. The Kier molecular flexibility index (Phi) is 3.82. The number of ether oxygens (including phenoxy) is 1. The van der Waals surface area contributed by atoms with Crippen LogP contribution < -0.4 is 0 Å². The van der Waals surface area contributed by atoms with Crippen LogP contribution in [0, 0.1) is 0 Å². The summed E-state index contributed by atoms with van der Waals surface area (Å²) in [6.45, 7) is 0. The minimum atomic E-state index is -1.51. The molecule has 0 amide bonds. The van der Waals surface area contributed by atoms with Gasteiger partial charge in [-0.2, -0.15) is 0 Å². The first-order valence-electron chi connectivity index (χ1n) is 4.63. The van der Waals surface area contributed by atoms with Crippen molar-refractivity contribution < 1.29 is 19.7 Å². The van der Waals surface area contributed by atoms with Gasteiger partial charge < -0.3 is 14.9 Å². The Bertz CT molecular complexity index is 323. The number of carbonyl (C=O) groups is 1. The molecule has 15 heavy (non-hydrogen) atoms. The average Bonchev–Trinajstić information content (AvgIpc) is 2.27. The van der Waals surface area contributed by atoms with E-state index in [1.807, 2.05) is 6.07 Å². The molecular weight excluding hydrogens is 196 g/mol. The largest absolute Gasteiger partial charge is 0.481 e. The highest BCUT2D eigenvalue weighted by atomic mass is 16.6. The first-order valence-corrected chi connectivity index (χ1v) is 4.63. The minimum Gasteiger partial charge on any atom is -0.481 e. The van der Waals surface area contributed by atoms with E-state index in [0.717, 1.165) is 0 Å². The fraction of sp³-hybridized carbons (Fsp3) is 0.364. The molecule has 0 radical (unpaired) electrons. The normalized spacial score (nSPS) is 14.5. The third kappa shape index (κ3) is 3.04. The summed E-state index contributed by atoms with van der Waals surface area (Å²) in [5.41, 5.74) is 0.564. The lowest BCUT2D eigenvalue weighted by Gasteiger charge is -2.26. The van der Waals surface area contributed by atoms with Gasteiger partial charge in [-0.25, -0.2) is 0 Å². The van der Waals surface area contributed by atoms with Crippen LogP contribution in [0.1, 0.15) is 18.4 Å². The summed E-state index contributed by atoms with van der Waals surface area (Å²) in [7, 11) is 1.36. The lowest BCUT2D eigenvalue weighted by atomic mass is 10.0. The number of hydrogen-bond acceptors (Lipinski definition) is 3. The van der Waals surface area contributed by atoms with Crippen LogP contribution in [0.2, 0.25) is 0 Å². The SMILES string of the molecule is COC(O)(CCC(=O)O)c1ccccc1. The van der Waals surface area contributed by atoms with Crippen LogP contribution in [0.5, 0.6) is 0 Å². The lowest BCUT2D eigenvalue weighted by Crippen LogP contribution is -2.28. The van der Waals surface area contributed by atoms with Gasteiger partial charge in [0.2, 0.25) is 0 Å². The molecule has 0 aliphatic rings. The van der Waals surface area contributed by atoms with Gasteiger partial charge in [0.1, 0.15) is 0 Å². The molecule has 0 bridgehead atoms. The maximum atomic E-state index is 10.4. The van der Waals surface area contributed by atoms with Crippen molar-refractivity contribution in [3.8, 4) is 0 Å². The number of methoxy groups -OCH3 is 1. The van der Waals surface area contributed by atoms with E-state index < -0.39 is 11.8 Å². The van der Waals surface area contributed by atoms with Crippen LogP contribution in [0.4, 0.5) is 0 Å². The molecule has 0 aromatic heterocycles. The zero-order valence-electron chi connectivity index (χ0n) is 8.51. The number of rotatable bonds is 5. The molecule has 0 fully saturated rings. The van der Waals surface area contributed by atoms with Crippen molar-refractivity contribution in [1.29, 1.82) is 0 Å². The topological polar surface area (TPSA) is 66.8 Å². The van der Waals surface area contributed by atoms with E-state index in [1.54, 1.807) is 24.3 Å².